The lowest BCUT2D eigenvalue weighted by molar-refractivity contribution is -0.124. The van der Waals surface area contributed by atoms with Crippen LogP contribution in [0.25, 0.3) is 0 Å². The minimum absolute atomic E-state index is 0.0844. The minimum Gasteiger partial charge on any atom is -0.379 e. The number of ether oxygens (including phenoxy) is 1. The Morgan fingerprint density at radius 3 is 2.44 bits per heavy atom. The van der Waals surface area contributed by atoms with Gasteiger partial charge in [0.1, 0.15) is 5.82 Å². The summed E-state index contributed by atoms with van der Waals surface area (Å²) in [4.78, 5) is 15.3. The average molecular weight is 348 g/mol. The van der Waals surface area contributed by atoms with Crippen molar-refractivity contribution < 1.29 is 13.9 Å². The maximum atomic E-state index is 13.2. The number of halogens is 1. The van der Waals surface area contributed by atoms with Crippen molar-refractivity contribution in [2.45, 2.75) is 44.6 Å². The van der Waals surface area contributed by atoms with Gasteiger partial charge in [-0.1, -0.05) is 26.0 Å². The highest BCUT2D eigenvalue weighted by Gasteiger charge is 2.51. The minimum atomic E-state index is -0.443. The van der Waals surface area contributed by atoms with Gasteiger partial charge >= 0.3 is 0 Å². The molecule has 1 aromatic rings. The van der Waals surface area contributed by atoms with Crippen LogP contribution in [0, 0.1) is 11.7 Å². The van der Waals surface area contributed by atoms with E-state index in [0.717, 1.165) is 51.1 Å². The number of carbonyl (C=O) groups excluding carboxylic acids is 1. The van der Waals surface area contributed by atoms with E-state index >= 15 is 0 Å². The van der Waals surface area contributed by atoms with Gasteiger partial charge in [0.25, 0.3) is 0 Å². The van der Waals surface area contributed by atoms with E-state index in [4.69, 9.17) is 4.74 Å². The van der Waals surface area contributed by atoms with Crippen molar-refractivity contribution >= 4 is 5.91 Å². The van der Waals surface area contributed by atoms with Crippen LogP contribution in [-0.4, -0.2) is 49.7 Å². The Morgan fingerprint density at radius 1 is 1.24 bits per heavy atom. The number of hydrogen-bond donors (Lipinski definition) is 1. The second-order valence-corrected chi connectivity index (χ2v) is 7.73. The summed E-state index contributed by atoms with van der Waals surface area (Å²) in [5, 5.41) is 3.19. The second kappa shape index (κ2) is 7.83. The zero-order valence-electron chi connectivity index (χ0n) is 15.3. The van der Waals surface area contributed by atoms with Crippen molar-refractivity contribution in [2.24, 2.45) is 5.92 Å². The second-order valence-electron chi connectivity index (χ2n) is 7.73. The highest BCUT2D eigenvalue weighted by atomic mass is 19.1. The monoisotopic (exact) mass is 348 g/mol. The molecule has 1 amide bonds. The molecule has 1 heterocycles. The van der Waals surface area contributed by atoms with Crippen molar-refractivity contribution in [3.05, 3.63) is 35.6 Å². The van der Waals surface area contributed by atoms with Crippen LogP contribution in [-0.2, 0) is 14.9 Å². The van der Waals surface area contributed by atoms with Crippen LogP contribution in [0.5, 0.6) is 0 Å². The quantitative estimate of drug-likeness (QED) is 0.824. The zero-order chi connectivity index (χ0) is 17.9. The number of rotatable bonds is 7. The maximum absolute atomic E-state index is 13.2. The van der Waals surface area contributed by atoms with E-state index in [-0.39, 0.29) is 11.7 Å². The van der Waals surface area contributed by atoms with E-state index in [1.807, 2.05) is 0 Å². The summed E-state index contributed by atoms with van der Waals surface area (Å²) in [6.45, 7) is 8.49. The Morgan fingerprint density at radius 2 is 1.88 bits per heavy atom. The molecule has 0 radical (unpaired) electrons. The first kappa shape index (κ1) is 18.3. The van der Waals surface area contributed by atoms with Gasteiger partial charge in [-0.15, -0.1) is 0 Å². The van der Waals surface area contributed by atoms with Gasteiger partial charge in [0.15, 0.2) is 0 Å². The lowest BCUT2D eigenvalue weighted by Crippen LogP contribution is -2.50. The van der Waals surface area contributed by atoms with Gasteiger partial charge in [0.05, 0.1) is 18.6 Å². The molecule has 1 saturated heterocycles. The number of nitrogens with one attached hydrogen (secondary N) is 1. The number of amides is 1. The molecule has 1 saturated carbocycles. The molecule has 1 aliphatic carbocycles. The highest BCUT2D eigenvalue weighted by Crippen LogP contribution is 2.48. The molecular formula is C20H29FN2O2. The molecule has 2 fully saturated rings. The topological polar surface area (TPSA) is 41.6 Å². The molecule has 0 aromatic heterocycles. The molecule has 1 atom stereocenters. The van der Waals surface area contributed by atoms with Gasteiger partial charge < -0.3 is 10.1 Å². The van der Waals surface area contributed by atoms with Crippen LogP contribution in [0.2, 0.25) is 0 Å². The number of carbonyl (C=O) groups is 1. The molecule has 138 valence electrons. The molecule has 3 rings (SSSR count). The molecule has 0 bridgehead atoms. The van der Waals surface area contributed by atoms with Crippen molar-refractivity contribution in [3.8, 4) is 0 Å². The number of morpholine rings is 1. The van der Waals surface area contributed by atoms with E-state index < -0.39 is 5.41 Å². The van der Waals surface area contributed by atoms with Gasteiger partial charge in [-0.3, -0.25) is 9.69 Å². The largest absolute Gasteiger partial charge is 0.379 e. The van der Waals surface area contributed by atoms with Crippen LogP contribution in [0.1, 0.15) is 38.7 Å². The normalized spacial score (nSPS) is 21.1. The van der Waals surface area contributed by atoms with Crippen LogP contribution in [0.15, 0.2) is 24.3 Å². The van der Waals surface area contributed by atoms with Crippen LogP contribution < -0.4 is 5.32 Å². The third kappa shape index (κ3) is 4.39. The van der Waals surface area contributed by atoms with Gasteiger partial charge in [0, 0.05) is 25.7 Å². The van der Waals surface area contributed by atoms with Crippen molar-refractivity contribution in [1.29, 1.82) is 0 Å². The van der Waals surface area contributed by atoms with Crippen LogP contribution in [0.3, 0.4) is 0 Å². The average Bonchev–Trinajstić information content (AvgIpc) is 3.41. The number of benzene rings is 1. The van der Waals surface area contributed by atoms with E-state index in [1.165, 1.54) is 12.1 Å². The number of hydrogen-bond acceptors (Lipinski definition) is 3. The Labute approximate surface area is 149 Å². The lowest BCUT2D eigenvalue weighted by Gasteiger charge is -2.35. The van der Waals surface area contributed by atoms with Gasteiger partial charge in [-0.05, 0) is 42.9 Å². The molecule has 0 spiro atoms. The molecule has 5 heteroatoms. The van der Waals surface area contributed by atoms with Gasteiger partial charge in [-0.2, -0.15) is 0 Å². The number of nitrogens with zero attached hydrogens (tertiary/aromatic N) is 1. The first-order chi connectivity index (χ1) is 12.0. The molecule has 25 heavy (non-hydrogen) atoms. The van der Waals surface area contributed by atoms with E-state index in [9.17, 15) is 9.18 Å². The summed E-state index contributed by atoms with van der Waals surface area (Å²) >= 11 is 0. The first-order valence-electron chi connectivity index (χ1n) is 9.37. The summed E-state index contributed by atoms with van der Waals surface area (Å²) < 4.78 is 18.6. The van der Waals surface area contributed by atoms with E-state index in [0.29, 0.717) is 18.5 Å². The summed E-state index contributed by atoms with van der Waals surface area (Å²) in [5.41, 5.74) is 0.486. The van der Waals surface area contributed by atoms with Crippen LogP contribution in [0.4, 0.5) is 4.39 Å². The third-order valence-electron chi connectivity index (χ3n) is 5.39. The fraction of sp³-hybridized carbons (Fsp3) is 0.650. The van der Waals surface area contributed by atoms with Crippen molar-refractivity contribution in [2.75, 3.05) is 32.8 Å². The van der Waals surface area contributed by atoms with Crippen LogP contribution >= 0.6 is 0 Å². The first-order valence-corrected chi connectivity index (χ1v) is 9.37. The van der Waals surface area contributed by atoms with Crippen molar-refractivity contribution in [1.82, 2.24) is 10.2 Å². The third-order valence-corrected chi connectivity index (χ3v) is 5.39. The summed E-state index contributed by atoms with van der Waals surface area (Å²) in [6, 6.07) is 6.72. The zero-order valence-corrected chi connectivity index (χ0v) is 15.3. The summed E-state index contributed by atoms with van der Waals surface area (Å²) in [7, 11) is 0. The van der Waals surface area contributed by atoms with Gasteiger partial charge in [-0.25, -0.2) is 4.39 Å². The lowest BCUT2D eigenvalue weighted by atomic mass is 9.94. The molecule has 1 unspecified atom stereocenters. The standard InChI is InChI=1S/C20H29FN2O2/c1-15(2)13-18(23-9-11-25-12-10-23)14-22-19(24)20(7-8-20)16-3-5-17(21)6-4-16/h3-6,15,18H,7-14H2,1-2H3,(H,22,24). The molecule has 1 aromatic carbocycles. The fourth-order valence-electron chi connectivity index (χ4n) is 3.77. The highest BCUT2D eigenvalue weighted by molar-refractivity contribution is 5.91. The Balaban J connectivity index is 1.61. The Kier molecular flexibility index (Phi) is 5.74. The molecule has 4 nitrogen and oxygen atoms in total. The SMILES string of the molecule is CC(C)CC(CNC(=O)C1(c2ccc(F)cc2)CC1)N1CCOCC1. The fourth-order valence-corrected chi connectivity index (χ4v) is 3.77. The molecule has 1 aliphatic heterocycles. The summed E-state index contributed by atoms with van der Waals surface area (Å²) in [5.74, 6) is 0.405. The van der Waals surface area contributed by atoms with E-state index in [2.05, 4.69) is 24.1 Å². The molecule has 2 aliphatic rings. The Bertz CT molecular complexity index is 578. The molecule has 1 N–H and O–H groups in total. The molecular weight excluding hydrogens is 319 g/mol. The summed E-state index contributed by atoms with van der Waals surface area (Å²) in [6.07, 6.45) is 2.75. The predicted molar refractivity (Wildman–Crippen MR) is 96.0 cm³/mol. The Hall–Kier alpha value is -1.46. The van der Waals surface area contributed by atoms with E-state index in [1.54, 1.807) is 12.1 Å². The smallest absolute Gasteiger partial charge is 0.230 e. The maximum Gasteiger partial charge on any atom is 0.230 e. The van der Waals surface area contributed by atoms with Crippen molar-refractivity contribution in [3.63, 3.8) is 0 Å². The predicted octanol–water partition coefficient (Wildman–Crippen LogP) is 2.72. The van der Waals surface area contributed by atoms with Gasteiger partial charge in [0.2, 0.25) is 5.91 Å².